The molecule has 1 aromatic heterocycles. The van der Waals surface area contributed by atoms with Crippen LogP contribution in [0.2, 0.25) is 0 Å². The number of alkyl halides is 5. The Kier molecular flexibility index (Phi) is 5.69. The maximum atomic E-state index is 14.6. The highest BCUT2D eigenvalue weighted by Crippen LogP contribution is 2.64. The second kappa shape index (κ2) is 8.22. The Morgan fingerprint density at radius 2 is 1.84 bits per heavy atom. The SMILES string of the molecule is CC1(C)[C@H]2CC[C@]1(C)/C(=N/NC(=O)c1cc3n(n1)[C@H](C(F)(F)C(F)(F)F)C[C@H](c1ccc(F)cc1)N3)C2. The number of hydrogen-bond donors (Lipinski definition) is 2. The smallest absolute Gasteiger partial charge is 0.363 e. The molecule has 2 heterocycles. The maximum Gasteiger partial charge on any atom is 0.455 e. The Hall–Kier alpha value is -3.05. The number of rotatable bonds is 4. The maximum absolute atomic E-state index is 14.6. The molecule has 12 heteroatoms. The summed E-state index contributed by atoms with van der Waals surface area (Å²) in [5.74, 6) is -6.26. The first-order chi connectivity index (χ1) is 17.1. The summed E-state index contributed by atoms with van der Waals surface area (Å²) in [5, 5.41) is 11.0. The van der Waals surface area contributed by atoms with Crippen LogP contribution in [-0.4, -0.2) is 33.5 Å². The van der Waals surface area contributed by atoms with E-state index in [9.17, 15) is 31.1 Å². The van der Waals surface area contributed by atoms with Crippen molar-refractivity contribution in [1.82, 2.24) is 15.2 Å². The van der Waals surface area contributed by atoms with Gasteiger partial charge in [0.25, 0.3) is 5.91 Å². The van der Waals surface area contributed by atoms with Gasteiger partial charge in [-0.3, -0.25) is 4.79 Å². The van der Waals surface area contributed by atoms with E-state index in [-0.39, 0.29) is 22.3 Å². The molecule has 2 N–H and O–H groups in total. The minimum absolute atomic E-state index is 0.0136. The van der Waals surface area contributed by atoms with Crippen molar-refractivity contribution in [2.75, 3.05) is 5.32 Å². The van der Waals surface area contributed by atoms with Gasteiger partial charge in [0.15, 0.2) is 5.69 Å². The number of halogens is 6. The van der Waals surface area contributed by atoms with Gasteiger partial charge in [0, 0.05) is 23.6 Å². The molecule has 200 valence electrons. The molecule has 2 saturated carbocycles. The highest BCUT2D eigenvalue weighted by Gasteiger charge is 2.64. The lowest BCUT2D eigenvalue weighted by molar-refractivity contribution is -0.301. The summed E-state index contributed by atoms with van der Waals surface area (Å²) in [5.41, 5.74) is 3.06. The molecule has 0 saturated heterocycles. The Balaban J connectivity index is 1.44. The Bertz CT molecular complexity index is 1250. The Labute approximate surface area is 209 Å². The van der Waals surface area contributed by atoms with Gasteiger partial charge < -0.3 is 5.32 Å². The summed E-state index contributed by atoms with van der Waals surface area (Å²) in [4.78, 5) is 12.9. The van der Waals surface area contributed by atoms with Crippen molar-refractivity contribution >= 4 is 17.4 Å². The lowest BCUT2D eigenvalue weighted by Gasteiger charge is -2.37. The van der Waals surface area contributed by atoms with Crippen molar-refractivity contribution in [1.29, 1.82) is 0 Å². The molecule has 4 atom stereocenters. The Morgan fingerprint density at radius 3 is 2.41 bits per heavy atom. The number of nitrogens with zero attached hydrogens (tertiary/aromatic N) is 3. The summed E-state index contributed by atoms with van der Waals surface area (Å²) >= 11 is 0. The number of fused-ring (bicyclic) bond motifs is 3. The van der Waals surface area contributed by atoms with E-state index in [0.29, 0.717) is 16.2 Å². The van der Waals surface area contributed by atoms with Crippen LogP contribution in [0.1, 0.15) is 74.6 Å². The van der Waals surface area contributed by atoms with E-state index < -0.39 is 42.3 Å². The second-order valence-electron chi connectivity index (χ2n) is 11.0. The van der Waals surface area contributed by atoms with Gasteiger partial charge in [-0.25, -0.2) is 14.5 Å². The van der Waals surface area contributed by atoms with Crippen LogP contribution >= 0.6 is 0 Å². The fraction of sp³-hybridized carbons (Fsp3) is 0.560. The minimum atomic E-state index is -5.84. The molecule has 2 aliphatic carbocycles. The first-order valence-corrected chi connectivity index (χ1v) is 12.1. The summed E-state index contributed by atoms with van der Waals surface area (Å²) in [6.45, 7) is 6.44. The minimum Gasteiger partial charge on any atom is -0.363 e. The van der Waals surface area contributed by atoms with Gasteiger partial charge in [0.2, 0.25) is 0 Å². The van der Waals surface area contributed by atoms with Gasteiger partial charge in [-0.05, 0) is 48.3 Å². The zero-order chi connectivity index (χ0) is 27.0. The molecular formula is C25H27F6N5O. The van der Waals surface area contributed by atoms with Crippen LogP contribution < -0.4 is 10.7 Å². The van der Waals surface area contributed by atoms with Crippen molar-refractivity contribution in [3.05, 3.63) is 47.4 Å². The predicted molar refractivity (Wildman–Crippen MR) is 124 cm³/mol. The molecule has 1 aliphatic heterocycles. The van der Waals surface area contributed by atoms with E-state index in [2.05, 4.69) is 41.7 Å². The van der Waals surface area contributed by atoms with E-state index >= 15 is 0 Å². The molecule has 6 nitrogen and oxygen atoms in total. The number of carbonyl (C=O) groups is 1. The molecule has 5 rings (SSSR count). The van der Waals surface area contributed by atoms with Crippen molar-refractivity contribution in [2.45, 2.75) is 70.6 Å². The monoisotopic (exact) mass is 527 g/mol. The summed E-state index contributed by atoms with van der Waals surface area (Å²) in [6.07, 6.45) is -3.81. The van der Waals surface area contributed by atoms with Crippen LogP contribution in [0.25, 0.3) is 0 Å². The number of nitrogens with one attached hydrogen (secondary N) is 2. The number of anilines is 1. The number of benzene rings is 1. The van der Waals surface area contributed by atoms with Crippen LogP contribution in [-0.2, 0) is 0 Å². The average Bonchev–Trinajstić information content (AvgIpc) is 3.41. The molecule has 1 amide bonds. The van der Waals surface area contributed by atoms with Crippen LogP contribution in [0.5, 0.6) is 0 Å². The van der Waals surface area contributed by atoms with Crippen molar-refractivity contribution in [3.63, 3.8) is 0 Å². The number of amides is 1. The van der Waals surface area contributed by atoms with Crippen LogP contribution in [0.3, 0.4) is 0 Å². The van der Waals surface area contributed by atoms with Crippen LogP contribution in [0, 0.1) is 22.6 Å². The summed E-state index contributed by atoms with van der Waals surface area (Å²) in [6, 6.07) is 2.51. The molecule has 2 bridgehead atoms. The van der Waals surface area contributed by atoms with Gasteiger partial charge in [-0.1, -0.05) is 32.9 Å². The molecule has 0 unspecified atom stereocenters. The summed E-state index contributed by atoms with van der Waals surface area (Å²) < 4.78 is 83.2. The van der Waals surface area contributed by atoms with Gasteiger partial charge in [0.1, 0.15) is 17.7 Å². The zero-order valence-electron chi connectivity index (χ0n) is 20.5. The molecule has 2 fully saturated rings. The summed E-state index contributed by atoms with van der Waals surface area (Å²) in [7, 11) is 0. The molecule has 0 spiro atoms. The average molecular weight is 528 g/mol. The quantitative estimate of drug-likeness (QED) is 0.365. The third-order valence-electron chi connectivity index (χ3n) is 8.92. The largest absolute Gasteiger partial charge is 0.455 e. The van der Waals surface area contributed by atoms with Gasteiger partial charge >= 0.3 is 12.1 Å². The standard InChI is InChI=1S/C25H27F6N5O/c1-22(2)14-8-9-23(22,3)18(10-14)33-34-21(37)17-12-20-32-16(13-4-6-15(26)7-5-13)11-19(36(20)35-17)24(27,28)25(29,30)31/h4-7,12,14,16,19,32H,8-11H2,1-3H3,(H,34,37)/b33-18+/t14-,16+,19-,23+/m0/s1. The van der Waals surface area contributed by atoms with E-state index in [1.807, 2.05) is 0 Å². The highest BCUT2D eigenvalue weighted by molar-refractivity contribution is 5.97. The molecule has 1 aromatic carbocycles. The molecule has 2 aromatic rings. The molecular weight excluding hydrogens is 500 g/mol. The lowest BCUT2D eigenvalue weighted by atomic mass is 9.70. The van der Waals surface area contributed by atoms with E-state index in [4.69, 9.17) is 0 Å². The van der Waals surface area contributed by atoms with Gasteiger partial charge in [-0.15, -0.1) is 0 Å². The first-order valence-electron chi connectivity index (χ1n) is 12.1. The number of carbonyl (C=O) groups excluding carboxylic acids is 1. The predicted octanol–water partition coefficient (Wildman–Crippen LogP) is 6.25. The fourth-order valence-corrected chi connectivity index (χ4v) is 6.09. The number of hydrogen-bond acceptors (Lipinski definition) is 4. The third-order valence-corrected chi connectivity index (χ3v) is 8.92. The van der Waals surface area contributed by atoms with Gasteiger partial charge in [0.05, 0.1) is 6.04 Å². The van der Waals surface area contributed by atoms with Crippen molar-refractivity contribution in [3.8, 4) is 0 Å². The fourth-order valence-electron chi connectivity index (χ4n) is 6.09. The van der Waals surface area contributed by atoms with Crippen LogP contribution in [0.4, 0.5) is 32.2 Å². The zero-order valence-corrected chi connectivity index (χ0v) is 20.5. The number of hydrazone groups is 1. The highest BCUT2D eigenvalue weighted by atomic mass is 19.4. The Morgan fingerprint density at radius 1 is 1.16 bits per heavy atom. The lowest BCUT2D eigenvalue weighted by Crippen LogP contribution is -2.47. The number of aromatic nitrogens is 2. The topological polar surface area (TPSA) is 71.3 Å². The van der Waals surface area contributed by atoms with Crippen molar-refractivity contribution in [2.24, 2.45) is 21.8 Å². The van der Waals surface area contributed by atoms with Crippen molar-refractivity contribution < 1.29 is 31.1 Å². The van der Waals surface area contributed by atoms with Gasteiger partial charge in [-0.2, -0.15) is 32.2 Å². The van der Waals surface area contributed by atoms with E-state index in [0.717, 1.165) is 43.2 Å². The van der Waals surface area contributed by atoms with Crippen LogP contribution in [0.15, 0.2) is 35.4 Å². The molecule has 37 heavy (non-hydrogen) atoms. The van der Waals surface area contributed by atoms with E-state index in [1.54, 1.807) is 0 Å². The second-order valence-corrected chi connectivity index (χ2v) is 11.0. The van der Waals surface area contributed by atoms with E-state index in [1.165, 1.54) is 12.1 Å². The molecule has 3 aliphatic rings. The first kappa shape index (κ1) is 25.6. The third kappa shape index (κ3) is 3.90. The normalized spacial score (nSPS) is 29.8. The molecule has 0 radical (unpaired) electrons.